The number of nitrogens with zero attached hydrogens (tertiary/aromatic N) is 3. The molecule has 10 heteroatoms. The highest BCUT2D eigenvalue weighted by atomic mass is 19.1. The molecule has 0 aliphatic carbocycles. The van der Waals surface area contributed by atoms with Crippen molar-refractivity contribution in [1.82, 2.24) is 10.0 Å². The molecule has 0 saturated carbocycles. The topological polar surface area (TPSA) is 136 Å². The number of aliphatic carboxylic acids is 1. The highest BCUT2D eigenvalue weighted by Gasteiger charge is 2.30. The standard InChI is InChI=1S/C25H29FN4O5/c1-16-13-17(15-27)14-20(26)22(16)25(34)35-30(21(9-12-31)24(32)33)11-3-2-6-19-8-7-18-5-4-10-28-23(18)29-19/h7-8,13-14,21,31H,2-6,9-12H2,1H3,(H,28,29)(H,32,33)/t21-/m0/s1. The van der Waals surface area contributed by atoms with Gasteiger partial charge < -0.3 is 20.4 Å². The Morgan fingerprint density at radius 1 is 1.34 bits per heavy atom. The summed E-state index contributed by atoms with van der Waals surface area (Å²) in [4.78, 5) is 34.5. The van der Waals surface area contributed by atoms with Crippen molar-refractivity contribution in [2.24, 2.45) is 0 Å². The Balaban J connectivity index is 1.67. The Morgan fingerprint density at radius 2 is 2.14 bits per heavy atom. The molecule has 0 bridgehead atoms. The molecular weight excluding hydrogens is 455 g/mol. The SMILES string of the molecule is Cc1cc(C#N)cc(F)c1C(=O)ON(CCCCc1ccc2c(n1)NCCC2)[C@@H](CCO)C(=O)O. The molecule has 1 aliphatic rings. The van der Waals surface area contributed by atoms with Crippen LogP contribution < -0.4 is 5.32 Å². The van der Waals surface area contributed by atoms with Crippen molar-refractivity contribution in [3.8, 4) is 6.07 Å². The number of benzene rings is 1. The van der Waals surface area contributed by atoms with E-state index in [2.05, 4.69) is 16.4 Å². The summed E-state index contributed by atoms with van der Waals surface area (Å²) < 4.78 is 14.5. The zero-order chi connectivity index (χ0) is 25.4. The quantitative estimate of drug-likeness (QED) is 0.325. The van der Waals surface area contributed by atoms with Gasteiger partial charge in [-0.15, -0.1) is 5.06 Å². The fourth-order valence-corrected chi connectivity index (χ4v) is 4.08. The second-order valence-electron chi connectivity index (χ2n) is 8.45. The lowest BCUT2D eigenvalue weighted by atomic mass is 10.0. The normalized spacial score (nSPS) is 13.5. The third-order valence-corrected chi connectivity index (χ3v) is 5.87. The molecule has 1 aliphatic heterocycles. The number of fused-ring (bicyclic) bond motifs is 1. The predicted octanol–water partition coefficient (Wildman–Crippen LogP) is 2.99. The first-order valence-electron chi connectivity index (χ1n) is 11.6. The number of aliphatic hydroxyl groups excluding tert-OH is 1. The van der Waals surface area contributed by atoms with E-state index in [1.54, 1.807) is 0 Å². The molecule has 0 unspecified atom stereocenters. The van der Waals surface area contributed by atoms with Crippen molar-refractivity contribution < 1.29 is 29.0 Å². The van der Waals surface area contributed by atoms with Crippen LogP contribution in [0.4, 0.5) is 10.2 Å². The van der Waals surface area contributed by atoms with Gasteiger partial charge in [0.05, 0.1) is 11.6 Å². The highest BCUT2D eigenvalue weighted by molar-refractivity contribution is 5.91. The first-order valence-corrected chi connectivity index (χ1v) is 11.6. The maximum absolute atomic E-state index is 14.5. The molecule has 0 fully saturated rings. The van der Waals surface area contributed by atoms with Gasteiger partial charge in [-0.2, -0.15) is 5.26 Å². The number of unbranched alkanes of at least 4 members (excludes halogenated alkanes) is 1. The minimum atomic E-state index is -1.29. The molecule has 2 heterocycles. The number of anilines is 1. The molecule has 1 aromatic heterocycles. The van der Waals surface area contributed by atoms with Crippen molar-refractivity contribution in [2.75, 3.05) is 25.0 Å². The molecule has 3 N–H and O–H groups in total. The number of carboxylic acid groups (broad SMARTS) is 1. The molecular formula is C25H29FN4O5. The van der Waals surface area contributed by atoms with Gasteiger partial charge in [-0.3, -0.25) is 4.79 Å². The number of nitrogens with one attached hydrogen (secondary N) is 1. The van der Waals surface area contributed by atoms with E-state index in [4.69, 9.17) is 10.1 Å². The number of pyridine rings is 1. The number of carboxylic acids is 1. The van der Waals surface area contributed by atoms with E-state index in [1.807, 2.05) is 12.1 Å². The number of carbonyl (C=O) groups is 2. The Morgan fingerprint density at radius 3 is 2.83 bits per heavy atom. The predicted molar refractivity (Wildman–Crippen MR) is 125 cm³/mol. The van der Waals surface area contributed by atoms with Crippen LogP contribution >= 0.6 is 0 Å². The summed E-state index contributed by atoms with van der Waals surface area (Å²) in [7, 11) is 0. The van der Waals surface area contributed by atoms with Gasteiger partial charge >= 0.3 is 11.9 Å². The van der Waals surface area contributed by atoms with Crippen molar-refractivity contribution in [3.05, 3.63) is 58.0 Å². The number of carbonyl (C=O) groups excluding carboxylic acids is 1. The monoisotopic (exact) mass is 484 g/mol. The number of nitriles is 1. The third-order valence-electron chi connectivity index (χ3n) is 5.87. The second-order valence-corrected chi connectivity index (χ2v) is 8.45. The maximum atomic E-state index is 14.5. The number of hydrogen-bond acceptors (Lipinski definition) is 8. The second kappa shape index (κ2) is 12.2. The largest absolute Gasteiger partial charge is 0.480 e. The van der Waals surface area contributed by atoms with Gasteiger partial charge in [-0.25, -0.2) is 14.2 Å². The van der Waals surface area contributed by atoms with Crippen LogP contribution in [0.2, 0.25) is 0 Å². The van der Waals surface area contributed by atoms with Crippen LogP contribution in [-0.2, 0) is 22.5 Å². The first kappa shape index (κ1) is 26.1. The molecule has 3 rings (SSSR count). The van der Waals surface area contributed by atoms with E-state index >= 15 is 0 Å². The lowest BCUT2D eigenvalue weighted by molar-refractivity contribution is -0.174. The third kappa shape index (κ3) is 6.74. The van der Waals surface area contributed by atoms with Gasteiger partial charge in [0.1, 0.15) is 23.2 Å². The van der Waals surface area contributed by atoms with Crippen LogP contribution in [-0.4, -0.2) is 57.9 Å². The van der Waals surface area contributed by atoms with Gasteiger partial charge in [-0.05, 0) is 74.8 Å². The number of aryl methyl sites for hydroxylation is 3. The molecule has 2 aromatic rings. The van der Waals surface area contributed by atoms with E-state index in [0.29, 0.717) is 19.3 Å². The molecule has 1 aromatic carbocycles. The highest BCUT2D eigenvalue weighted by Crippen LogP contribution is 2.21. The molecule has 0 spiro atoms. The number of rotatable bonds is 11. The van der Waals surface area contributed by atoms with E-state index in [9.17, 15) is 24.2 Å². The number of aliphatic hydroxyl groups is 1. The number of halogens is 1. The molecule has 9 nitrogen and oxygen atoms in total. The Kier molecular flexibility index (Phi) is 9.11. The van der Waals surface area contributed by atoms with Crippen molar-refractivity contribution >= 4 is 17.8 Å². The van der Waals surface area contributed by atoms with Crippen LogP contribution in [0.1, 0.15) is 58.4 Å². The summed E-state index contributed by atoms with van der Waals surface area (Å²) in [5, 5.41) is 32.2. The van der Waals surface area contributed by atoms with Gasteiger partial charge in [0.25, 0.3) is 0 Å². The lowest BCUT2D eigenvalue weighted by Crippen LogP contribution is -2.44. The Bertz CT molecular complexity index is 1090. The van der Waals surface area contributed by atoms with Crippen LogP contribution in [0.3, 0.4) is 0 Å². The minimum Gasteiger partial charge on any atom is -0.480 e. The molecule has 35 heavy (non-hydrogen) atoms. The summed E-state index contributed by atoms with van der Waals surface area (Å²) in [6.45, 7) is 2.00. The van der Waals surface area contributed by atoms with Crippen molar-refractivity contribution in [3.63, 3.8) is 0 Å². The number of aromatic nitrogens is 1. The smallest absolute Gasteiger partial charge is 0.360 e. The Labute approximate surface area is 203 Å². The van der Waals surface area contributed by atoms with Gasteiger partial charge in [0.2, 0.25) is 0 Å². The average molecular weight is 485 g/mol. The number of hydroxylamine groups is 2. The van der Waals surface area contributed by atoms with E-state index < -0.39 is 30.4 Å². The summed E-state index contributed by atoms with van der Waals surface area (Å²) >= 11 is 0. The summed E-state index contributed by atoms with van der Waals surface area (Å²) in [5.41, 5.74) is 1.99. The first-order chi connectivity index (χ1) is 16.8. The van der Waals surface area contributed by atoms with Gasteiger partial charge in [-0.1, -0.05) is 6.07 Å². The summed E-state index contributed by atoms with van der Waals surface area (Å²) in [6.07, 6.45) is 3.68. The zero-order valence-electron chi connectivity index (χ0n) is 19.6. The fourth-order valence-electron chi connectivity index (χ4n) is 4.08. The van der Waals surface area contributed by atoms with Crippen molar-refractivity contribution in [2.45, 2.75) is 51.5 Å². The summed E-state index contributed by atoms with van der Waals surface area (Å²) in [5.74, 6) is -2.35. The lowest BCUT2D eigenvalue weighted by Gasteiger charge is -2.27. The molecule has 1 atom stereocenters. The Hall–Kier alpha value is -3.55. The van der Waals surface area contributed by atoms with Crippen LogP contribution in [0.5, 0.6) is 0 Å². The van der Waals surface area contributed by atoms with E-state index in [-0.39, 0.29) is 29.7 Å². The molecule has 186 valence electrons. The molecule has 0 radical (unpaired) electrons. The van der Waals surface area contributed by atoms with Crippen LogP contribution in [0, 0.1) is 24.1 Å². The fraction of sp³-hybridized carbons (Fsp3) is 0.440. The molecule has 0 saturated heterocycles. The number of hydrogen-bond donors (Lipinski definition) is 3. The minimum absolute atomic E-state index is 0.0584. The van der Waals surface area contributed by atoms with Gasteiger partial charge in [0, 0.05) is 25.4 Å². The zero-order valence-corrected chi connectivity index (χ0v) is 19.6. The summed E-state index contributed by atoms with van der Waals surface area (Å²) in [6, 6.07) is 6.84. The van der Waals surface area contributed by atoms with Crippen molar-refractivity contribution in [1.29, 1.82) is 5.26 Å². The molecule has 0 amide bonds. The average Bonchev–Trinajstić information content (AvgIpc) is 2.83. The van der Waals surface area contributed by atoms with Crippen LogP contribution in [0.25, 0.3) is 0 Å². The van der Waals surface area contributed by atoms with E-state index in [0.717, 1.165) is 42.0 Å². The van der Waals surface area contributed by atoms with Gasteiger partial charge in [0.15, 0.2) is 0 Å². The van der Waals surface area contributed by atoms with E-state index in [1.165, 1.54) is 18.6 Å². The van der Waals surface area contributed by atoms with Crippen LogP contribution in [0.15, 0.2) is 24.3 Å². The maximum Gasteiger partial charge on any atom is 0.360 e.